The molecule has 0 spiro atoms. The van der Waals surface area contributed by atoms with Crippen molar-refractivity contribution >= 4 is 40.3 Å². The van der Waals surface area contributed by atoms with Crippen LogP contribution >= 0.6 is 24.0 Å². The zero-order chi connectivity index (χ0) is 15.0. The van der Waals surface area contributed by atoms with E-state index in [0.29, 0.717) is 20.5 Å². The third-order valence-corrected chi connectivity index (χ3v) is 4.21. The molecular formula is C14H11N3O2S2. The molecule has 0 radical (unpaired) electrons. The number of aromatic amines is 1. The highest BCUT2D eigenvalue weighted by atomic mass is 32.2. The third-order valence-electron chi connectivity index (χ3n) is 3.05. The van der Waals surface area contributed by atoms with Crippen LogP contribution in [0.2, 0.25) is 0 Å². The van der Waals surface area contributed by atoms with Crippen LogP contribution in [0, 0.1) is 6.92 Å². The molecule has 2 heterocycles. The topological polar surface area (TPSA) is 66.9 Å². The van der Waals surface area contributed by atoms with E-state index in [1.54, 1.807) is 13.0 Å². The molecule has 1 fully saturated rings. The monoisotopic (exact) mass is 317 g/mol. The number of aryl methyl sites for hydroxylation is 1. The Labute approximate surface area is 130 Å². The van der Waals surface area contributed by atoms with E-state index in [-0.39, 0.29) is 11.5 Å². The minimum absolute atomic E-state index is 0.197. The van der Waals surface area contributed by atoms with Gasteiger partial charge in [0.05, 0.1) is 16.2 Å². The van der Waals surface area contributed by atoms with Crippen molar-refractivity contribution in [2.24, 2.45) is 0 Å². The van der Waals surface area contributed by atoms with Crippen molar-refractivity contribution < 1.29 is 4.79 Å². The van der Waals surface area contributed by atoms with Crippen LogP contribution < -0.4 is 10.9 Å². The van der Waals surface area contributed by atoms with E-state index in [0.717, 1.165) is 17.4 Å². The van der Waals surface area contributed by atoms with E-state index in [1.165, 1.54) is 4.68 Å². The summed E-state index contributed by atoms with van der Waals surface area (Å²) in [5.41, 5.74) is 1.70. The largest absolute Gasteiger partial charge is 0.307 e. The fourth-order valence-electron chi connectivity index (χ4n) is 2.04. The van der Waals surface area contributed by atoms with E-state index in [9.17, 15) is 9.59 Å². The first-order valence-corrected chi connectivity index (χ1v) is 7.40. The summed E-state index contributed by atoms with van der Waals surface area (Å²) in [7, 11) is 0. The summed E-state index contributed by atoms with van der Waals surface area (Å²) < 4.78 is 1.86. The van der Waals surface area contributed by atoms with Crippen LogP contribution in [-0.2, 0) is 4.79 Å². The van der Waals surface area contributed by atoms with E-state index in [4.69, 9.17) is 12.2 Å². The second-order valence-electron chi connectivity index (χ2n) is 4.48. The van der Waals surface area contributed by atoms with E-state index in [2.05, 4.69) is 10.4 Å². The standard InChI is InChI=1S/C14H11N3O2S2/c1-8-10(7-11-12(18)15-14(20)21-11)13(19)17(16-8)9-5-3-2-4-6-9/h2-7,16H,1H3,(H,15,18,20)/b11-7+. The molecule has 0 saturated carbocycles. The first kappa shape index (κ1) is 13.8. The molecule has 1 aromatic heterocycles. The van der Waals surface area contributed by atoms with Gasteiger partial charge < -0.3 is 5.32 Å². The van der Waals surface area contributed by atoms with Crippen molar-refractivity contribution in [2.45, 2.75) is 6.92 Å². The number of hydrogen-bond acceptors (Lipinski definition) is 4. The van der Waals surface area contributed by atoms with Gasteiger partial charge in [-0.05, 0) is 25.1 Å². The van der Waals surface area contributed by atoms with Gasteiger partial charge in [0.15, 0.2) is 0 Å². The molecule has 1 aliphatic rings. The van der Waals surface area contributed by atoms with Gasteiger partial charge in [0.2, 0.25) is 0 Å². The van der Waals surface area contributed by atoms with Crippen LogP contribution in [0.3, 0.4) is 0 Å². The number of amides is 1. The maximum atomic E-state index is 12.5. The summed E-state index contributed by atoms with van der Waals surface area (Å²) in [6.07, 6.45) is 1.58. The molecule has 0 bridgehead atoms. The third kappa shape index (κ3) is 2.57. The van der Waals surface area contributed by atoms with Crippen LogP contribution in [0.4, 0.5) is 0 Å². The first-order valence-electron chi connectivity index (χ1n) is 6.18. The normalized spacial score (nSPS) is 16.5. The van der Waals surface area contributed by atoms with Crippen LogP contribution in [0.1, 0.15) is 11.3 Å². The Hall–Kier alpha value is -2.12. The van der Waals surface area contributed by atoms with Gasteiger partial charge in [0.25, 0.3) is 11.5 Å². The number of thioether (sulfide) groups is 1. The van der Waals surface area contributed by atoms with Crippen molar-refractivity contribution in [1.29, 1.82) is 0 Å². The molecule has 1 aliphatic heterocycles. The highest BCUT2D eigenvalue weighted by molar-refractivity contribution is 8.26. The van der Waals surface area contributed by atoms with Crippen molar-refractivity contribution in [1.82, 2.24) is 15.1 Å². The van der Waals surface area contributed by atoms with Gasteiger partial charge in [0, 0.05) is 5.69 Å². The Morgan fingerprint density at radius 1 is 1.24 bits per heavy atom. The number of hydrogen-bond donors (Lipinski definition) is 2. The molecule has 1 aromatic carbocycles. The summed E-state index contributed by atoms with van der Waals surface area (Å²) in [5, 5.41) is 5.55. The number of aromatic nitrogens is 2. The average molecular weight is 317 g/mol. The number of carbonyl (C=O) groups is 1. The summed E-state index contributed by atoms with van der Waals surface area (Å²) in [4.78, 5) is 24.6. The lowest BCUT2D eigenvalue weighted by Crippen LogP contribution is -2.18. The minimum atomic E-state index is -0.267. The highest BCUT2D eigenvalue weighted by Crippen LogP contribution is 2.25. The molecule has 1 saturated heterocycles. The SMILES string of the molecule is Cc1[nH]n(-c2ccccc2)c(=O)c1/C=C1/SC(=S)NC1=O. The maximum Gasteiger partial charge on any atom is 0.278 e. The smallest absolute Gasteiger partial charge is 0.278 e. The molecule has 7 heteroatoms. The lowest BCUT2D eigenvalue weighted by Gasteiger charge is -1.99. The van der Waals surface area contributed by atoms with E-state index in [1.807, 2.05) is 30.3 Å². The molecule has 2 aromatic rings. The Balaban J connectivity index is 2.08. The van der Waals surface area contributed by atoms with Gasteiger partial charge in [-0.2, -0.15) is 0 Å². The molecule has 0 atom stereocenters. The Morgan fingerprint density at radius 3 is 2.57 bits per heavy atom. The van der Waals surface area contributed by atoms with Crippen molar-refractivity contribution in [3.63, 3.8) is 0 Å². The fraction of sp³-hybridized carbons (Fsp3) is 0.0714. The van der Waals surface area contributed by atoms with Gasteiger partial charge in [-0.3, -0.25) is 14.7 Å². The van der Waals surface area contributed by atoms with Crippen LogP contribution in [0.15, 0.2) is 40.0 Å². The van der Waals surface area contributed by atoms with E-state index < -0.39 is 0 Å². The van der Waals surface area contributed by atoms with Gasteiger partial charge in [0.1, 0.15) is 4.32 Å². The molecule has 2 N–H and O–H groups in total. The Bertz CT molecular complexity index is 818. The van der Waals surface area contributed by atoms with Crippen LogP contribution in [0.25, 0.3) is 11.8 Å². The summed E-state index contributed by atoms with van der Waals surface area (Å²) in [5.74, 6) is -0.267. The number of benzene rings is 1. The number of nitrogens with one attached hydrogen (secondary N) is 2. The molecule has 5 nitrogen and oxygen atoms in total. The van der Waals surface area contributed by atoms with Gasteiger partial charge in [-0.1, -0.05) is 42.2 Å². The number of rotatable bonds is 2. The van der Waals surface area contributed by atoms with Crippen LogP contribution in [-0.4, -0.2) is 20.0 Å². The average Bonchev–Trinajstić information content (AvgIpc) is 2.93. The fourth-order valence-corrected chi connectivity index (χ4v) is 3.07. The predicted octanol–water partition coefficient (Wildman–Crippen LogP) is 1.96. The number of H-pyrrole nitrogens is 1. The molecule has 21 heavy (non-hydrogen) atoms. The zero-order valence-electron chi connectivity index (χ0n) is 11.0. The first-order chi connectivity index (χ1) is 10.1. The second kappa shape index (κ2) is 5.34. The highest BCUT2D eigenvalue weighted by Gasteiger charge is 2.23. The molecule has 1 amide bonds. The molecule has 0 aliphatic carbocycles. The second-order valence-corrected chi connectivity index (χ2v) is 6.20. The quantitative estimate of drug-likeness (QED) is 0.656. The number of thiocarbonyl (C=S) groups is 1. The summed E-state index contributed by atoms with van der Waals surface area (Å²) in [6, 6.07) is 9.26. The minimum Gasteiger partial charge on any atom is -0.307 e. The van der Waals surface area contributed by atoms with Gasteiger partial charge in [-0.25, -0.2) is 4.68 Å². The zero-order valence-corrected chi connectivity index (χ0v) is 12.7. The van der Waals surface area contributed by atoms with Gasteiger partial charge in [-0.15, -0.1) is 0 Å². The molecule has 106 valence electrons. The maximum absolute atomic E-state index is 12.5. The molecule has 0 unspecified atom stereocenters. The summed E-state index contributed by atoms with van der Waals surface area (Å²) in [6.45, 7) is 1.79. The van der Waals surface area contributed by atoms with E-state index >= 15 is 0 Å². The number of para-hydroxylation sites is 1. The number of carbonyl (C=O) groups excluding carboxylic acids is 1. The molecule has 3 rings (SSSR count). The lowest BCUT2D eigenvalue weighted by molar-refractivity contribution is -0.115. The van der Waals surface area contributed by atoms with Gasteiger partial charge >= 0.3 is 0 Å². The lowest BCUT2D eigenvalue weighted by atomic mass is 10.2. The summed E-state index contributed by atoms with van der Waals surface area (Å²) >= 11 is 6.10. The predicted molar refractivity (Wildman–Crippen MR) is 87.4 cm³/mol. The van der Waals surface area contributed by atoms with Crippen molar-refractivity contribution in [2.75, 3.05) is 0 Å². The van der Waals surface area contributed by atoms with Crippen molar-refractivity contribution in [3.8, 4) is 5.69 Å². The Kier molecular flexibility index (Phi) is 3.52. The van der Waals surface area contributed by atoms with Crippen molar-refractivity contribution in [3.05, 3.63) is 56.8 Å². The Morgan fingerprint density at radius 2 is 1.95 bits per heavy atom. The molecular weight excluding hydrogens is 306 g/mol. The number of nitrogens with zero attached hydrogens (tertiary/aromatic N) is 1. The van der Waals surface area contributed by atoms with Crippen LogP contribution in [0.5, 0.6) is 0 Å².